The third kappa shape index (κ3) is 3.38. The van der Waals surface area contributed by atoms with Gasteiger partial charge in [-0.2, -0.15) is 0 Å². The number of nitrogens with zero attached hydrogens (tertiary/aromatic N) is 1. The predicted octanol–water partition coefficient (Wildman–Crippen LogP) is -0.745. The van der Waals surface area contributed by atoms with E-state index in [1.165, 1.54) is 0 Å². The molecule has 1 fully saturated rings. The summed E-state index contributed by atoms with van der Waals surface area (Å²) in [6, 6.07) is 0. The Bertz CT molecular complexity index is 596. The fraction of sp³-hybridized carbons (Fsp3) is 0.500. The van der Waals surface area contributed by atoms with Crippen LogP contribution in [0, 0.1) is 0 Å². The van der Waals surface area contributed by atoms with Crippen LogP contribution in [0.15, 0.2) is 15.8 Å². The second kappa shape index (κ2) is 6.38. The number of hydrogen-bond donors (Lipinski definition) is 3. The van der Waals surface area contributed by atoms with E-state index in [0.717, 1.165) is 10.8 Å². The molecule has 1 saturated heterocycles. The molecule has 0 spiro atoms. The van der Waals surface area contributed by atoms with E-state index in [1.807, 2.05) is 4.98 Å². The van der Waals surface area contributed by atoms with Gasteiger partial charge in [0, 0.05) is 6.20 Å². The molecule has 2 atom stereocenters. The van der Waals surface area contributed by atoms with Gasteiger partial charge in [0.05, 0.1) is 18.3 Å². The van der Waals surface area contributed by atoms with E-state index < -0.39 is 26.1 Å². The first-order valence-electron chi connectivity index (χ1n) is 5.78. The maximum atomic E-state index is 11.7. The SMILES string of the molecule is O=Cc1cn(C2CCC(COP(O)O)O2)c(=O)[nH]c1=O. The van der Waals surface area contributed by atoms with E-state index in [1.54, 1.807) is 0 Å². The van der Waals surface area contributed by atoms with Gasteiger partial charge in [-0.1, -0.05) is 0 Å². The first-order valence-corrected chi connectivity index (χ1v) is 6.94. The molecule has 1 aliphatic rings. The molecule has 0 bridgehead atoms. The Hall–Kier alpha value is -1.38. The standard InChI is InChI=1S/C10H13N2O7P/c13-4-6-3-12(10(15)11-9(6)14)8-2-1-7(19-8)5-18-20(16)17/h3-4,7-8,16-17H,1-2,5H2,(H,11,14,15). The summed E-state index contributed by atoms with van der Waals surface area (Å²) in [5.74, 6) is 0. The van der Waals surface area contributed by atoms with Crippen molar-refractivity contribution >= 4 is 14.9 Å². The van der Waals surface area contributed by atoms with Crippen LogP contribution >= 0.6 is 8.60 Å². The maximum absolute atomic E-state index is 11.7. The van der Waals surface area contributed by atoms with Crippen LogP contribution in [0.2, 0.25) is 0 Å². The van der Waals surface area contributed by atoms with Crippen LogP contribution in [0.3, 0.4) is 0 Å². The van der Waals surface area contributed by atoms with Crippen LogP contribution in [0.25, 0.3) is 0 Å². The van der Waals surface area contributed by atoms with Crippen LogP contribution < -0.4 is 11.2 Å². The van der Waals surface area contributed by atoms with Crippen molar-refractivity contribution in [1.82, 2.24) is 9.55 Å². The van der Waals surface area contributed by atoms with Gasteiger partial charge in [0.15, 0.2) is 6.29 Å². The fourth-order valence-corrected chi connectivity index (χ4v) is 2.26. The van der Waals surface area contributed by atoms with E-state index in [0.29, 0.717) is 19.1 Å². The molecular weight excluding hydrogens is 291 g/mol. The number of aromatic amines is 1. The summed E-state index contributed by atoms with van der Waals surface area (Å²) in [5.41, 5.74) is -1.58. The monoisotopic (exact) mass is 304 g/mol. The molecule has 2 heterocycles. The molecule has 2 rings (SSSR count). The number of ether oxygens (including phenoxy) is 1. The minimum atomic E-state index is -2.45. The molecule has 0 amide bonds. The minimum absolute atomic E-state index is 0.00611. The number of nitrogens with one attached hydrogen (secondary N) is 1. The summed E-state index contributed by atoms with van der Waals surface area (Å²) in [4.78, 5) is 53.0. The van der Waals surface area contributed by atoms with Crippen molar-refractivity contribution in [3.63, 3.8) is 0 Å². The number of carbonyl (C=O) groups excluding carboxylic acids is 1. The Balaban J connectivity index is 2.12. The van der Waals surface area contributed by atoms with E-state index in [-0.39, 0.29) is 18.3 Å². The van der Waals surface area contributed by atoms with Gasteiger partial charge < -0.3 is 19.0 Å². The molecule has 1 aromatic heterocycles. The summed E-state index contributed by atoms with van der Waals surface area (Å²) in [6.45, 7) is -0.00611. The maximum Gasteiger partial charge on any atom is 0.330 e. The summed E-state index contributed by atoms with van der Waals surface area (Å²) in [5, 5.41) is 0. The van der Waals surface area contributed by atoms with Gasteiger partial charge in [0.1, 0.15) is 6.23 Å². The Morgan fingerprint density at radius 1 is 1.50 bits per heavy atom. The Kier molecular flexibility index (Phi) is 4.79. The molecule has 3 N–H and O–H groups in total. The fourth-order valence-electron chi connectivity index (χ4n) is 1.96. The minimum Gasteiger partial charge on any atom is -0.352 e. The molecule has 0 radical (unpaired) electrons. The van der Waals surface area contributed by atoms with E-state index in [4.69, 9.17) is 14.5 Å². The smallest absolute Gasteiger partial charge is 0.330 e. The zero-order chi connectivity index (χ0) is 14.7. The predicted molar refractivity (Wildman–Crippen MR) is 67.2 cm³/mol. The summed E-state index contributed by atoms with van der Waals surface area (Å²) in [6.07, 6.45) is 1.52. The quantitative estimate of drug-likeness (QED) is 0.482. The van der Waals surface area contributed by atoms with E-state index >= 15 is 0 Å². The number of rotatable bonds is 5. The first-order chi connectivity index (χ1) is 9.51. The first kappa shape index (κ1) is 15.0. The van der Waals surface area contributed by atoms with Crippen molar-refractivity contribution < 1.29 is 23.8 Å². The lowest BCUT2D eigenvalue weighted by molar-refractivity contribution is -0.0216. The zero-order valence-corrected chi connectivity index (χ0v) is 11.2. The average Bonchev–Trinajstić information content (AvgIpc) is 2.85. The Labute approximate surface area is 113 Å². The van der Waals surface area contributed by atoms with Crippen molar-refractivity contribution in [2.75, 3.05) is 6.61 Å². The van der Waals surface area contributed by atoms with Gasteiger partial charge in [-0.3, -0.25) is 19.1 Å². The number of carbonyl (C=O) groups is 1. The molecule has 9 nitrogen and oxygen atoms in total. The molecule has 0 aromatic carbocycles. The second-order valence-corrected chi connectivity index (χ2v) is 4.97. The van der Waals surface area contributed by atoms with Crippen molar-refractivity contribution in [2.24, 2.45) is 0 Å². The normalized spacial score (nSPS) is 22.4. The van der Waals surface area contributed by atoms with Gasteiger partial charge in [0.2, 0.25) is 0 Å². The third-order valence-corrected chi connectivity index (χ3v) is 3.27. The van der Waals surface area contributed by atoms with E-state index in [9.17, 15) is 14.4 Å². The molecular formula is C10H13N2O7P. The highest BCUT2D eigenvalue weighted by Gasteiger charge is 2.28. The largest absolute Gasteiger partial charge is 0.352 e. The number of aromatic nitrogens is 2. The van der Waals surface area contributed by atoms with Gasteiger partial charge in [-0.25, -0.2) is 4.79 Å². The van der Waals surface area contributed by atoms with Crippen molar-refractivity contribution in [3.05, 3.63) is 32.6 Å². The molecule has 20 heavy (non-hydrogen) atoms. The lowest BCUT2D eigenvalue weighted by Crippen LogP contribution is -2.34. The van der Waals surface area contributed by atoms with Gasteiger partial charge in [0.25, 0.3) is 5.56 Å². The number of aldehydes is 1. The lowest BCUT2D eigenvalue weighted by Gasteiger charge is -2.16. The Morgan fingerprint density at radius 2 is 2.25 bits per heavy atom. The third-order valence-electron chi connectivity index (χ3n) is 2.89. The Morgan fingerprint density at radius 3 is 2.90 bits per heavy atom. The van der Waals surface area contributed by atoms with Crippen LogP contribution in [0.4, 0.5) is 0 Å². The lowest BCUT2D eigenvalue weighted by atomic mass is 10.2. The summed E-state index contributed by atoms with van der Waals surface area (Å²) >= 11 is 0. The average molecular weight is 304 g/mol. The molecule has 1 aliphatic heterocycles. The molecule has 2 unspecified atom stereocenters. The van der Waals surface area contributed by atoms with Gasteiger partial charge in [-0.05, 0) is 12.8 Å². The van der Waals surface area contributed by atoms with Crippen LogP contribution in [-0.2, 0) is 9.26 Å². The highest BCUT2D eigenvalue weighted by Crippen LogP contribution is 2.31. The van der Waals surface area contributed by atoms with Crippen LogP contribution in [0.1, 0.15) is 29.4 Å². The topological polar surface area (TPSA) is 131 Å². The van der Waals surface area contributed by atoms with Gasteiger partial charge in [-0.15, -0.1) is 0 Å². The van der Waals surface area contributed by atoms with Gasteiger partial charge >= 0.3 is 14.3 Å². The summed E-state index contributed by atoms with van der Waals surface area (Å²) < 4.78 is 11.3. The van der Waals surface area contributed by atoms with E-state index in [2.05, 4.69) is 4.52 Å². The second-order valence-electron chi connectivity index (χ2n) is 4.21. The van der Waals surface area contributed by atoms with Crippen molar-refractivity contribution in [2.45, 2.75) is 25.2 Å². The van der Waals surface area contributed by atoms with Crippen LogP contribution in [-0.4, -0.2) is 38.3 Å². The number of hydrogen-bond acceptors (Lipinski definition) is 7. The highest BCUT2D eigenvalue weighted by molar-refractivity contribution is 7.39. The summed E-state index contributed by atoms with van der Waals surface area (Å²) in [7, 11) is -2.45. The van der Waals surface area contributed by atoms with Crippen molar-refractivity contribution in [3.8, 4) is 0 Å². The van der Waals surface area contributed by atoms with Crippen LogP contribution in [0.5, 0.6) is 0 Å². The molecule has 0 aliphatic carbocycles. The molecule has 0 saturated carbocycles. The molecule has 1 aromatic rings. The highest BCUT2D eigenvalue weighted by atomic mass is 31.2. The van der Waals surface area contributed by atoms with Crippen molar-refractivity contribution in [1.29, 1.82) is 0 Å². The number of H-pyrrole nitrogens is 1. The molecule has 110 valence electrons. The zero-order valence-electron chi connectivity index (χ0n) is 10.3. The molecule has 10 heteroatoms.